The van der Waals surface area contributed by atoms with Gasteiger partial charge in [0, 0.05) is 13.1 Å². The van der Waals surface area contributed by atoms with Gasteiger partial charge in [0.15, 0.2) is 11.0 Å². The molecule has 0 bridgehead atoms. The molecule has 1 N–H and O–H groups in total. The van der Waals surface area contributed by atoms with Crippen molar-refractivity contribution in [1.82, 2.24) is 20.1 Å². The van der Waals surface area contributed by atoms with Crippen LogP contribution in [0.4, 0.5) is 4.39 Å². The van der Waals surface area contributed by atoms with Crippen molar-refractivity contribution >= 4 is 17.7 Å². The molecule has 0 spiro atoms. The van der Waals surface area contributed by atoms with E-state index >= 15 is 0 Å². The monoisotopic (exact) mass is 426 g/mol. The number of hydrogen-bond donors (Lipinski definition) is 1. The standard InChI is InChI=1S/C23H27FN4OS/c1-17(2)15-28-22(19-12-6-7-13-20(19)24)26-27-23(28)30-16-21(29)25-14-8-11-18-9-4-3-5-10-18/h3-7,9-10,12-13,17H,8,11,14-16H2,1-2H3,(H,25,29). The molecule has 0 saturated heterocycles. The van der Waals surface area contributed by atoms with Crippen molar-refractivity contribution in [3.8, 4) is 11.4 Å². The fourth-order valence-electron chi connectivity index (χ4n) is 3.11. The SMILES string of the molecule is CC(C)Cn1c(SCC(=O)NCCCc2ccccc2)nnc1-c1ccccc1F. The van der Waals surface area contributed by atoms with Crippen LogP contribution in [0.2, 0.25) is 0 Å². The number of halogens is 1. The summed E-state index contributed by atoms with van der Waals surface area (Å²) in [4.78, 5) is 12.2. The molecule has 3 rings (SSSR count). The number of aryl methyl sites for hydroxylation is 1. The molecular weight excluding hydrogens is 399 g/mol. The molecule has 0 aliphatic heterocycles. The van der Waals surface area contributed by atoms with E-state index in [1.807, 2.05) is 22.8 Å². The number of benzene rings is 2. The largest absolute Gasteiger partial charge is 0.355 e. The van der Waals surface area contributed by atoms with Crippen molar-refractivity contribution in [1.29, 1.82) is 0 Å². The summed E-state index contributed by atoms with van der Waals surface area (Å²) in [5.74, 6) is 0.700. The van der Waals surface area contributed by atoms with Crippen molar-refractivity contribution in [2.75, 3.05) is 12.3 Å². The number of carbonyl (C=O) groups excluding carboxylic acids is 1. The summed E-state index contributed by atoms with van der Waals surface area (Å²) in [5.41, 5.74) is 1.69. The number of nitrogens with zero attached hydrogens (tertiary/aromatic N) is 3. The molecule has 5 nitrogen and oxygen atoms in total. The van der Waals surface area contributed by atoms with Crippen LogP contribution in [-0.2, 0) is 17.8 Å². The van der Waals surface area contributed by atoms with Crippen LogP contribution in [0.25, 0.3) is 11.4 Å². The summed E-state index contributed by atoms with van der Waals surface area (Å²) < 4.78 is 16.2. The highest BCUT2D eigenvalue weighted by molar-refractivity contribution is 7.99. The quantitative estimate of drug-likeness (QED) is 0.381. The van der Waals surface area contributed by atoms with Crippen LogP contribution in [0, 0.1) is 11.7 Å². The van der Waals surface area contributed by atoms with Crippen LogP contribution >= 0.6 is 11.8 Å². The molecule has 2 aromatic carbocycles. The average molecular weight is 427 g/mol. The highest BCUT2D eigenvalue weighted by atomic mass is 32.2. The van der Waals surface area contributed by atoms with Crippen molar-refractivity contribution in [2.45, 2.75) is 38.4 Å². The molecule has 1 amide bonds. The fourth-order valence-corrected chi connectivity index (χ4v) is 3.89. The highest BCUT2D eigenvalue weighted by Crippen LogP contribution is 2.26. The minimum atomic E-state index is -0.331. The third-order valence-corrected chi connectivity index (χ3v) is 5.49. The molecule has 0 aliphatic carbocycles. The first-order valence-corrected chi connectivity index (χ1v) is 11.1. The molecule has 1 heterocycles. The van der Waals surface area contributed by atoms with Gasteiger partial charge < -0.3 is 9.88 Å². The zero-order valence-corrected chi connectivity index (χ0v) is 18.2. The fraction of sp³-hybridized carbons (Fsp3) is 0.348. The summed E-state index contributed by atoms with van der Waals surface area (Å²) in [5, 5.41) is 12.0. The molecular formula is C23H27FN4OS. The lowest BCUT2D eigenvalue weighted by Crippen LogP contribution is -2.26. The zero-order valence-electron chi connectivity index (χ0n) is 17.3. The summed E-state index contributed by atoms with van der Waals surface area (Å²) in [6.07, 6.45) is 1.82. The van der Waals surface area contributed by atoms with Crippen LogP contribution in [0.15, 0.2) is 59.8 Å². The lowest BCUT2D eigenvalue weighted by Gasteiger charge is -2.13. The van der Waals surface area contributed by atoms with Gasteiger partial charge in [-0.1, -0.05) is 68.1 Å². The number of thioether (sulfide) groups is 1. The number of aromatic nitrogens is 3. The van der Waals surface area contributed by atoms with E-state index in [0.717, 1.165) is 12.8 Å². The molecule has 30 heavy (non-hydrogen) atoms. The van der Waals surface area contributed by atoms with Gasteiger partial charge in [-0.05, 0) is 36.5 Å². The van der Waals surface area contributed by atoms with E-state index in [0.29, 0.717) is 35.6 Å². The van der Waals surface area contributed by atoms with Crippen molar-refractivity contribution in [2.24, 2.45) is 5.92 Å². The number of hydrogen-bond acceptors (Lipinski definition) is 4. The molecule has 0 fully saturated rings. The van der Waals surface area contributed by atoms with Gasteiger partial charge in [0.1, 0.15) is 5.82 Å². The third-order valence-electron chi connectivity index (χ3n) is 4.52. The lowest BCUT2D eigenvalue weighted by atomic mass is 10.1. The van der Waals surface area contributed by atoms with Crippen LogP contribution in [0.3, 0.4) is 0 Å². The Kier molecular flexibility index (Phi) is 8.02. The van der Waals surface area contributed by atoms with E-state index in [4.69, 9.17) is 0 Å². The van der Waals surface area contributed by atoms with Gasteiger partial charge in [-0.3, -0.25) is 4.79 Å². The molecule has 0 radical (unpaired) electrons. The molecule has 0 aliphatic rings. The molecule has 0 saturated carbocycles. The van der Waals surface area contributed by atoms with E-state index in [2.05, 4.69) is 41.5 Å². The minimum absolute atomic E-state index is 0.0420. The Bertz CT molecular complexity index is 959. The van der Waals surface area contributed by atoms with Crippen LogP contribution in [0.1, 0.15) is 25.8 Å². The van der Waals surface area contributed by atoms with E-state index in [1.54, 1.807) is 18.2 Å². The summed E-state index contributed by atoms with van der Waals surface area (Å²) >= 11 is 1.33. The molecule has 158 valence electrons. The van der Waals surface area contributed by atoms with E-state index < -0.39 is 0 Å². The van der Waals surface area contributed by atoms with E-state index in [9.17, 15) is 9.18 Å². The van der Waals surface area contributed by atoms with Gasteiger partial charge in [-0.15, -0.1) is 10.2 Å². The maximum Gasteiger partial charge on any atom is 0.230 e. The topological polar surface area (TPSA) is 59.8 Å². The second-order valence-electron chi connectivity index (χ2n) is 7.52. The Hall–Kier alpha value is -2.67. The molecule has 0 atom stereocenters. The zero-order chi connectivity index (χ0) is 21.3. The van der Waals surface area contributed by atoms with Gasteiger partial charge in [-0.25, -0.2) is 4.39 Å². The van der Waals surface area contributed by atoms with Gasteiger partial charge in [0.25, 0.3) is 0 Å². The predicted octanol–water partition coefficient (Wildman–Crippen LogP) is 4.58. The summed E-state index contributed by atoms with van der Waals surface area (Å²) in [6.45, 7) is 5.45. The lowest BCUT2D eigenvalue weighted by molar-refractivity contribution is -0.118. The summed E-state index contributed by atoms with van der Waals surface area (Å²) in [7, 11) is 0. The Labute approximate surface area is 181 Å². The first-order valence-electron chi connectivity index (χ1n) is 10.2. The second-order valence-corrected chi connectivity index (χ2v) is 8.46. The first-order chi connectivity index (χ1) is 14.5. The smallest absolute Gasteiger partial charge is 0.230 e. The van der Waals surface area contributed by atoms with E-state index in [1.165, 1.54) is 23.4 Å². The van der Waals surface area contributed by atoms with Crippen molar-refractivity contribution in [3.05, 3.63) is 66.0 Å². The third kappa shape index (κ3) is 6.16. The summed E-state index contributed by atoms with van der Waals surface area (Å²) in [6, 6.07) is 16.8. The predicted molar refractivity (Wildman–Crippen MR) is 119 cm³/mol. The van der Waals surface area contributed by atoms with Crippen molar-refractivity contribution < 1.29 is 9.18 Å². The van der Waals surface area contributed by atoms with Gasteiger partial charge in [0.2, 0.25) is 5.91 Å². The number of amides is 1. The Morgan fingerprint density at radius 1 is 1.10 bits per heavy atom. The van der Waals surface area contributed by atoms with Crippen molar-refractivity contribution in [3.63, 3.8) is 0 Å². The van der Waals surface area contributed by atoms with E-state index in [-0.39, 0.29) is 17.5 Å². The maximum absolute atomic E-state index is 14.3. The first kappa shape index (κ1) is 22.0. The van der Waals surface area contributed by atoms with Gasteiger partial charge in [-0.2, -0.15) is 0 Å². The number of carbonyl (C=O) groups is 1. The van der Waals surface area contributed by atoms with Gasteiger partial charge in [0.05, 0.1) is 11.3 Å². The Morgan fingerprint density at radius 2 is 1.83 bits per heavy atom. The van der Waals surface area contributed by atoms with Gasteiger partial charge >= 0.3 is 0 Å². The van der Waals surface area contributed by atoms with Crippen LogP contribution < -0.4 is 5.32 Å². The molecule has 1 aromatic heterocycles. The maximum atomic E-state index is 14.3. The molecule has 3 aromatic rings. The van der Waals surface area contributed by atoms with Crippen LogP contribution in [-0.4, -0.2) is 33.0 Å². The second kappa shape index (κ2) is 10.9. The molecule has 7 heteroatoms. The Balaban J connectivity index is 1.56. The molecule has 0 unspecified atom stereocenters. The number of nitrogens with one attached hydrogen (secondary N) is 1. The Morgan fingerprint density at radius 3 is 2.57 bits per heavy atom. The van der Waals surface area contributed by atoms with Crippen LogP contribution in [0.5, 0.6) is 0 Å². The highest BCUT2D eigenvalue weighted by Gasteiger charge is 2.18. The minimum Gasteiger partial charge on any atom is -0.355 e. The average Bonchev–Trinajstić information content (AvgIpc) is 3.12. The normalized spacial score (nSPS) is 11.1. The number of rotatable bonds is 10.